The molecular weight excluding hydrogens is 1610 g/mol. The van der Waals surface area contributed by atoms with Crippen molar-refractivity contribution >= 4 is 0 Å². The van der Waals surface area contributed by atoms with E-state index >= 15 is 0 Å². The summed E-state index contributed by atoms with van der Waals surface area (Å²) in [5.41, 5.74) is 15.4. The van der Waals surface area contributed by atoms with E-state index in [-0.39, 0.29) is 48.8 Å². The lowest BCUT2D eigenvalue weighted by Gasteiger charge is -2.26. The van der Waals surface area contributed by atoms with E-state index in [0.717, 1.165) is 138 Å². The normalized spacial score (nSPS) is 20.0. The third kappa shape index (κ3) is 26.6. The zero-order valence-corrected chi connectivity index (χ0v) is 71.0. The van der Waals surface area contributed by atoms with Crippen LogP contribution in [0, 0.1) is 0 Å². The monoisotopic (exact) mass is 1720 g/mol. The van der Waals surface area contributed by atoms with Crippen LogP contribution in [-0.4, -0.2) is 260 Å². The minimum Gasteiger partial charge on any atom is -0.491 e. The third-order valence-electron chi connectivity index (χ3n) is 22.4. The SMILES string of the molecule is c1cc(-c2ccc(OCCOCC3CO3)c(C(c3ccc(-c4ccc(C(c5cc(-c6ccc(OCCOCC7CO7)cc6)ccc5OCCOCC5CO5)c5cc(-c6ccc(OCCOCC7CO7)cc6)ccc5OCCOCC5CO5)cc4)cc3)c3cc(-c4ccc(OCCOCC5CO5)cc4)ccc3OCCOCC3CO3)c2)ccc1OCCOCC1CO1. The molecule has 10 aromatic carbocycles. The number of benzene rings is 10. The van der Waals surface area contributed by atoms with Gasteiger partial charge in [-0.1, -0.05) is 121 Å². The van der Waals surface area contributed by atoms with Crippen molar-refractivity contribution in [1.82, 2.24) is 0 Å². The maximum Gasteiger partial charge on any atom is 0.123 e. The Morgan fingerprint density at radius 3 is 0.524 bits per heavy atom. The van der Waals surface area contributed by atoms with Crippen molar-refractivity contribution in [2.24, 2.45) is 0 Å². The Morgan fingerprint density at radius 1 is 0.183 bits per heavy atom. The molecule has 18 rings (SSSR count). The van der Waals surface area contributed by atoms with E-state index in [2.05, 4.69) is 170 Å². The lowest BCUT2D eigenvalue weighted by molar-refractivity contribution is 0.0871. The van der Waals surface area contributed by atoms with Crippen molar-refractivity contribution in [3.63, 3.8) is 0 Å². The van der Waals surface area contributed by atoms with E-state index in [1.807, 2.05) is 48.5 Å². The van der Waals surface area contributed by atoms with Gasteiger partial charge in [-0.05, 0) is 164 Å². The van der Waals surface area contributed by atoms with Crippen molar-refractivity contribution in [1.29, 1.82) is 0 Å². The van der Waals surface area contributed by atoms with Crippen LogP contribution >= 0.6 is 0 Å². The Morgan fingerprint density at radius 2 is 0.341 bits per heavy atom. The van der Waals surface area contributed by atoms with Crippen molar-refractivity contribution < 1.29 is 114 Å². The number of epoxide rings is 8. The average molecular weight is 1720 g/mol. The standard InChI is InChI=1S/C102H110O24/c1-5-75(101(93-49-77(17-29-97(93)115-45-37-107-57-89-65-123-89)71-9-21-81(22-10-71)111-41-33-103-53-85-61-119-85)94-50-78(18-30-98(94)116-46-38-108-58-90-66-124-90)72-11-23-82(24-12-72)112-42-34-104-54-86-62-120-86)6-2-69(1)70-3-7-76(8-4-70)102(95-51-79(19-31-99(95)117-47-39-109-59-91-67-125-91)73-13-25-83(26-14-73)113-43-35-105-55-87-63-121-87)96-52-80(20-32-100(96)118-48-40-110-60-92-68-126-92)74-15-27-84(28-16-74)114-44-36-106-56-88-64-122-88/h1-32,49-52,85-92,101-102H,33-48,53-68H2. The average Bonchev–Trinajstić information content (AvgIpc) is 1.77. The second-order valence-electron chi connectivity index (χ2n) is 32.2. The molecule has 0 radical (unpaired) electrons. The smallest absolute Gasteiger partial charge is 0.123 e. The Kier molecular flexibility index (Phi) is 30.4. The molecule has 8 saturated heterocycles. The van der Waals surface area contributed by atoms with E-state index in [1.165, 1.54) is 0 Å². The van der Waals surface area contributed by atoms with Gasteiger partial charge in [0.2, 0.25) is 0 Å². The summed E-state index contributed by atoms with van der Waals surface area (Å²) in [7, 11) is 0. The van der Waals surface area contributed by atoms with Crippen LogP contribution in [0.4, 0.5) is 0 Å². The van der Waals surface area contributed by atoms with Gasteiger partial charge in [-0.3, -0.25) is 0 Å². The van der Waals surface area contributed by atoms with Crippen LogP contribution in [0.2, 0.25) is 0 Å². The lowest BCUT2D eigenvalue weighted by atomic mass is 9.81. The van der Waals surface area contributed by atoms with E-state index < -0.39 is 11.8 Å². The molecule has 0 aromatic heterocycles. The molecule has 8 fully saturated rings. The van der Waals surface area contributed by atoms with Crippen LogP contribution < -0.4 is 37.9 Å². The first-order chi connectivity index (χ1) is 62.4. The Balaban J connectivity index is 0.712. The summed E-state index contributed by atoms with van der Waals surface area (Å²) in [6.45, 7) is 16.0. The zero-order valence-electron chi connectivity index (χ0n) is 71.0. The molecule has 126 heavy (non-hydrogen) atoms. The lowest BCUT2D eigenvalue weighted by Crippen LogP contribution is -2.14. The second-order valence-corrected chi connectivity index (χ2v) is 32.2. The second kappa shape index (κ2) is 44.1. The number of ether oxygens (including phenoxy) is 24. The topological polar surface area (TPSA) is 248 Å². The quantitative estimate of drug-likeness (QED) is 0.0195. The predicted molar refractivity (Wildman–Crippen MR) is 470 cm³/mol. The first kappa shape index (κ1) is 86.7. The molecule has 0 bridgehead atoms. The molecule has 24 nitrogen and oxygen atoms in total. The molecule has 0 amide bonds. The predicted octanol–water partition coefficient (Wildman–Crippen LogP) is 14.7. The molecule has 8 heterocycles. The Bertz CT molecular complexity index is 4440. The fourth-order valence-electron chi connectivity index (χ4n) is 14.9. The van der Waals surface area contributed by atoms with Crippen LogP contribution in [0.25, 0.3) is 55.6 Å². The highest BCUT2D eigenvalue weighted by Gasteiger charge is 2.33. The first-order valence-corrected chi connectivity index (χ1v) is 44.2. The van der Waals surface area contributed by atoms with E-state index in [0.29, 0.717) is 208 Å². The van der Waals surface area contributed by atoms with Gasteiger partial charge in [-0.25, -0.2) is 0 Å². The van der Waals surface area contributed by atoms with Crippen LogP contribution in [0.15, 0.2) is 218 Å². The van der Waals surface area contributed by atoms with Gasteiger partial charge in [0.25, 0.3) is 0 Å². The Hall–Kier alpha value is -10.0. The molecule has 24 heteroatoms. The largest absolute Gasteiger partial charge is 0.491 e. The summed E-state index contributed by atoms with van der Waals surface area (Å²) in [5.74, 6) is 4.71. The minimum atomic E-state index is -0.495. The van der Waals surface area contributed by atoms with Crippen molar-refractivity contribution in [2.45, 2.75) is 60.7 Å². The van der Waals surface area contributed by atoms with Gasteiger partial charge in [0.05, 0.1) is 159 Å². The van der Waals surface area contributed by atoms with Gasteiger partial charge >= 0.3 is 0 Å². The number of hydrogen-bond donors (Lipinski definition) is 0. The molecular formula is C102H110O24. The maximum atomic E-state index is 6.96. The highest BCUT2D eigenvalue weighted by Crippen LogP contribution is 2.48. The summed E-state index contributed by atoms with van der Waals surface area (Å²) >= 11 is 0. The zero-order chi connectivity index (χ0) is 84.7. The fraction of sp³-hybridized carbons (Fsp3) is 0.412. The van der Waals surface area contributed by atoms with Crippen molar-refractivity contribution in [2.75, 3.05) is 211 Å². The molecule has 8 aliphatic rings. The minimum absolute atomic E-state index is 0.103. The van der Waals surface area contributed by atoms with Crippen LogP contribution in [0.5, 0.6) is 46.0 Å². The van der Waals surface area contributed by atoms with Crippen LogP contribution in [0.3, 0.4) is 0 Å². The van der Waals surface area contributed by atoms with Crippen LogP contribution in [0.1, 0.15) is 45.2 Å². The van der Waals surface area contributed by atoms with Crippen LogP contribution in [-0.2, 0) is 75.8 Å². The van der Waals surface area contributed by atoms with Gasteiger partial charge in [0, 0.05) is 34.1 Å². The van der Waals surface area contributed by atoms with E-state index in [9.17, 15) is 0 Å². The number of hydrogen-bond acceptors (Lipinski definition) is 24. The molecule has 0 aliphatic carbocycles. The Labute approximate surface area is 735 Å². The summed E-state index contributed by atoms with van der Waals surface area (Å²) in [5, 5.41) is 0. The van der Waals surface area contributed by atoms with Gasteiger partial charge in [0.15, 0.2) is 0 Å². The summed E-state index contributed by atoms with van der Waals surface area (Å²) in [4.78, 5) is 0. The third-order valence-corrected chi connectivity index (χ3v) is 22.4. The molecule has 10 aromatic rings. The molecule has 662 valence electrons. The van der Waals surface area contributed by atoms with Gasteiger partial charge < -0.3 is 114 Å². The molecule has 8 aliphatic heterocycles. The number of rotatable bonds is 59. The highest BCUT2D eigenvalue weighted by molar-refractivity contribution is 5.75. The highest BCUT2D eigenvalue weighted by atomic mass is 16.6. The molecule has 0 N–H and O–H groups in total. The molecule has 0 saturated carbocycles. The van der Waals surface area contributed by atoms with Gasteiger partial charge in [0.1, 0.15) is 148 Å². The molecule has 0 spiro atoms. The first-order valence-electron chi connectivity index (χ1n) is 44.2. The van der Waals surface area contributed by atoms with E-state index in [1.54, 1.807) is 0 Å². The fourth-order valence-corrected chi connectivity index (χ4v) is 14.9. The van der Waals surface area contributed by atoms with Gasteiger partial charge in [-0.15, -0.1) is 0 Å². The summed E-state index contributed by atoms with van der Waals surface area (Å²) in [6.07, 6.45) is 1.14. The van der Waals surface area contributed by atoms with Crippen molar-refractivity contribution in [3.05, 3.63) is 252 Å². The van der Waals surface area contributed by atoms with E-state index in [4.69, 9.17) is 114 Å². The molecule has 8 atom stereocenters. The summed E-state index contributed by atoms with van der Waals surface area (Å²) < 4.78 is 144. The summed E-state index contributed by atoms with van der Waals surface area (Å²) in [6, 6.07) is 76.3. The van der Waals surface area contributed by atoms with Crippen molar-refractivity contribution in [3.8, 4) is 102 Å². The molecule has 8 unspecified atom stereocenters. The maximum absolute atomic E-state index is 6.96. The van der Waals surface area contributed by atoms with Gasteiger partial charge in [-0.2, -0.15) is 0 Å².